The van der Waals surface area contributed by atoms with Gasteiger partial charge in [0, 0.05) is 11.3 Å². The highest BCUT2D eigenvalue weighted by atomic mass is 16.5. The van der Waals surface area contributed by atoms with Crippen LogP contribution in [0.3, 0.4) is 0 Å². The van der Waals surface area contributed by atoms with Crippen LogP contribution in [0.15, 0.2) is 42.5 Å². The van der Waals surface area contributed by atoms with Crippen LogP contribution in [0.4, 0.5) is 5.69 Å². The van der Waals surface area contributed by atoms with E-state index in [1.807, 2.05) is 38.1 Å². The molecular formula is C19H23NO3. The van der Waals surface area contributed by atoms with E-state index in [4.69, 9.17) is 9.47 Å². The monoisotopic (exact) mass is 313 g/mol. The van der Waals surface area contributed by atoms with Crippen molar-refractivity contribution in [3.8, 4) is 11.5 Å². The van der Waals surface area contributed by atoms with Gasteiger partial charge in [0.05, 0.1) is 13.2 Å². The van der Waals surface area contributed by atoms with E-state index in [1.165, 1.54) is 0 Å². The molecule has 0 fully saturated rings. The third kappa shape index (κ3) is 4.25. The molecule has 0 aliphatic carbocycles. The number of nitrogens with one attached hydrogen (secondary N) is 1. The van der Waals surface area contributed by atoms with Crippen LogP contribution in [0.2, 0.25) is 0 Å². The van der Waals surface area contributed by atoms with Crippen LogP contribution in [-0.4, -0.2) is 19.1 Å². The first-order valence-corrected chi connectivity index (χ1v) is 7.98. The lowest BCUT2D eigenvalue weighted by Crippen LogP contribution is -2.13. The number of ether oxygens (including phenoxy) is 2. The third-order valence-electron chi connectivity index (χ3n) is 3.45. The summed E-state index contributed by atoms with van der Waals surface area (Å²) in [5.74, 6) is 1.08. The maximum Gasteiger partial charge on any atom is 0.255 e. The predicted molar refractivity (Wildman–Crippen MR) is 92.6 cm³/mol. The highest BCUT2D eigenvalue weighted by Gasteiger charge is 2.12. The van der Waals surface area contributed by atoms with Crippen molar-refractivity contribution in [2.75, 3.05) is 18.5 Å². The van der Waals surface area contributed by atoms with Crippen molar-refractivity contribution in [2.45, 2.75) is 27.2 Å². The topological polar surface area (TPSA) is 47.6 Å². The van der Waals surface area contributed by atoms with Gasteiger partial charge in [-0.3, -0.25) is 4.79 Å². The van der Waals surface area contributed by atoms with Crippen molar-refractivity contribution < 1.29 is 14.3 Å². The van der Waals surface area contributed by atoms with Crippen LogP contribution in [-0.2, 0) is 6.42 Å². The van der Waals surface area contributed by atoms with Crippen LogP contribution in [0.1, 0.15) is 36.7 Å². The molecule has 2 aromatic rings. The average molecular weight is 313 g/mol. The summed E-state index contributed by atoms with van der Waals surface area (Å²) in [6.45, 7) is 6.95. The number of aryl methyl sites for hydroxylation is 1. The van der Waals surface area contributed by atoms with Crippen LogP contribution in [0, 0.1) is 0 Å². The van der Waals surface area contributed by atoms with E-state index in [2.05, 4.69) is 12.2 Å². The molecule has 23 heavy (non-hydrogen) atoms. The van der Waals surface area contributed by atoms with Gasteiger partial charge in [-0.2, -0.15) is 0 Å². The number of carbonyl (C=O) groups is 1. The van der Waals surface area contributed by atoms with E-state index in [-0.39, 0.29) is 5.91 Å². The summed E-state index contributed by atoms with van der Waals surface area (Å²) in [4.78, 5) is 12.5. The Kier molecular flexibility index (Phi) is 6.03. The Bertz CT molecular complexity index is 667. The van der Waals surface area contributed by atoms with Crippen LogP contribution < -0.4 is 14.8 Å². The minimum atomic E-state index is -0.157. The standard InChI is InChI=1S/C19H23NO3/c1-4-14-9-7-8-10-16(14)20-19(21)15-11-12-17(22-5-2)18(13-15)23-6-3/h7-13H,4-6H2,1-3H3,(H,20,21). The summed E-state index contributed by atoms with van der Waals surface area (Å²) in [6, 6.07) is 13.1. The van der Waals surface area contributed by atoms with Gasteiger partial charge in [-0.1, -0.05) is 25.1 Å². The number of para-hydroxylation sites is 1. The smallest absolute Gasteiger partial charge is 0.255 e. The molecule has 0 unspecified atom stereocenters. The SMILES string of the molecule is CCOc1ccc(C(=O)Nc2ccccc2CC)cc1OCC. The molecule has 2 aromatic carbocycles. The molecule has 0 aliphatic rings. The zero-order valence-corrected chi connectivity index (χ0v) is 13.9. The minimum Gasteiger partial charge on any atom is -0.490 e. The lowest BCUT2D eigenvalue weighted by atomic mass is 10.1. The summed E-state index contributed by atoms with van der Waals surface area (Å²) in [6.07, 6.45) is 0.865. The molecule has 0 heterocycles. The van der Waals surface area contributed by atoms with Gasteiger partial charge < -0.3 is 14.8 Å². The lowest BCUT2D eigenvalue weighted by Gasteiger charge is -2.13. The Hall–Kier alpha value is -2.49. The molecule has 4 heteroatoms. The van der Waals surface area contributed by atoms with E-state index in [0.29, 0.717) is 30.3 Å². The van der Waals surface area contributed by atoms with E-state index < -0.39 is 0 Å². The van der Waals surface area contributed by atoms with E-state index in [1.54, 1.807) is 18.2 Å². The van der Waals surface area contributed by atoms with E-state index in [9.17, 15) is 4.79 Å². The van der Waals surface area contributed by atoms with Crippen LogP contribution in [0.25, 0.3) is 0 Å². The molecule has 0 spiro atoms. The van der Waals surface area contributed by atoms with Gasteiger partial charge in [0.1, 0.15) is 0 Å². The largest absolute Gasteiger partial charge is 0.490 e. The molecule has 0 atom stereocenters. The summed E-state index contributed by atoms with van der Waals surface area (Å²) >= 11 is 0. The van der Waals surface area contributed by atoms with Gasteiger partial charge in [-0.25, -0.2) is 0 Å². The molecule has 4 nitrogen and oxygen atoms in total. The zero-order valence-electron chi connectivity index (χ0n) is 13.9. The van der Waals surface area contributed by atoms with E-state index in [0.717, 1.165) is 17.7 Å². The molecule has 0 aromatic heterocycles. The highest BCUT2D eigenvalue weighted by Crippen LogP contribution is 2.29. The molecule has 1 amide bonds. The number of rotatable bonds is 7. The van der Waals surface area contributed by atoms with Crippen molar-refractivity contribution in [1.29, 1.82) is 0 Å². The first kappa shape index (κ1) is 16.9. The summed E-state index contributed by atoms with van der Waals surface area (Å²) < 4.78 is 11.1. The van der Waals surface area contributed by atoms with Gasteiger partial charge in [0.2, 0.25) is 0 Å². The first-order chi connectivity index (χ1) is 11.2. The maximum atomic E-state index is 12.5. The van der Waals surface area contributed by atoms with Crippen molar-refractivity contribution in [1.82, 2.24) is 0 Å². The van der Waals surface area contributed by atoms with Gasteiger partial charge >= 0.3 is 0 Å². The molecule has 122 valence electrons. The lowest BCUT2D eigenvalue weighted by molar-refractivity contribution is 0.102. The van der Waals surface area contributed by atoms with Crippen molar-refractivity contribution in [2.24, 2.45) is 0 Å². The third-order valence-corrected chi connectivity index (χ3v) is 3.45. The summed E-state index contributed by atoms with van der Waals surface area (Å²) in [7, 11) is 0. The Labute approximate surface area is 137 Å². The quantitative estimate of drug-likeness (QED) is 0.829. The fraction of sp³-hybridized carbons (Fsp3) is 0.316. The number of hydrogen-bond acceptors (Lipinski definition) is 3. The number of benzene rings is 2. The molecule has 1 N–H and O–H groups in total. The number of anilines is 1. The Balaban J connectivity index is 2.23. The molecule has 0 radical (unpaired) electrons. The minimum absolute atomic E-state index is 0.157. The van der Waals surface area contributed by atoms with Crippen LogP contribution >= 0.6 is 0 Å². The Morgan fingerprint density at radius 2 is 1.65 bits per heavy atom. The fourth-order valence-electron chi connectivity index (χ4n) is 2.34. The molecule has 0 aliphatic heterocycles. The number of amides is 1. The second-order valence-corrected chi connectivity index (χ2v) is 4.99. The van der Waals surface area contributed by atoms with Gasteiger partial charge in [0.25, 0.3) is 5.91 Å². The van der Waals surface area contributed by atoms with Crippen molar-refractivity contribution in [3.63, 3.8) is 0 Å². The predicted octanol–water partition coefficient (Wildman–Crippen LogP) is 4.30. The van der Waals surface area contributed by atoms with Gasteiger partial charge in [-0.05, 0) is 50.1 Å². The van der Waals surface area contributed by atoms with Gasteiger partial charge in [0.15, 0.2) is 11.5 Å². The molecular weight excluding hydrogens is 290 g/mol. The Morgan fingerprint density at radius 1 is 0.957 bits per heavy atom. The van der Waals surface area contributed by atoms with Gasteiger partial charge in [-0.15, -0.1) is 0 Å². The summed E-state index contributed by atoms with van der Waals surface area (Å²) in [5.41, 5.74) is 2.49. The Morgan fingerprint density at radius 3 is 2.35 bits per heavy atom. The second kappa shape index (κ2) is 8.22. The number of carbonyl (C=O) groups excluding carboxylic acids is 1. The molecule has 0 saturated carbocycles. The van der Waals surface area contributed by atoms with Crippen LogP contribution in [0.5, 0.6) is 11.5 Å². The average Bonchev–Trinajstić information content (AvgIpc) is 2.57. The number of hydrogen-bond donors (Lipinski definition) is 1. The van der Waals surface area contributed by atoms with Crippen molar-refractivity contribution >= 4 is 11.6 Å². The van der Waals surface area contributed by atoms with Crippen molar-refractivity contribution in [3.05, 3.63) is 53.6 Å². The molecule has 2 rings (SSSR count). The molecule has 0 saturated heterocycles. The highest BCUT2D eigenvalue weighted by molar-refractivity contribution is 6.05. The summed E-state index contributed by atoms with van der Waals surface area (Å²) in [5, 5.41) is 2.96. The second-order valence-electron chi connectivity index (χ2n) is 4.99. The normalized spacial score (nSPS) is 10.2. The first-order valence-electron chi connectivity index (χ1n) is 7.98. The molecule has 0 bridgehead atoms. The maximum absolute atomic E-state index is 12.5. The zero-order chi connectivity index (χ0) is 16.7. The van der Waals surface area contributed by atoms with E-state index >= 15 is 0 Å². The fourth-order valence-corrected chi connectivity index (χ4v) is 2.34.